The molecule has 0 aromatic heterocycles. The van der Waals surface area contributed by atoms with Gasteiger partial charge in [-0.15, -0.1) is 0 Å². The Hall–Kier alpha value is -1.15. The van der Waals surface area contributed by atoms with Gasteiger partial charge in [0.05, 0.1) is 0 Å². The first-order valence-electron chi connectivity index (χ1n) is 6.62. The molecule has 0 saturated carbocycles. The van der Waals surface area contributed by atoms with E-state index in [1.54, 1.807) is 0 Å². The maximum atomic E-state index is 12.0. The van der Waals surface area contributed by atoms with Crippen LogP contribution in [0.5, 0.6) is 0 Å². The van der Waals surface area contributed by atoms with Crippen molar-refractivity contribution in [1.82, 2.24) is 5.32 Å². The summed E-state index contributed by atoms with van der Waals surface area (Å²) in [5, 5.41) is 3.30. The van der Waals surface area contributed by atoms with Crippen LogP contribution in [-0.4, -0.2) is 18.9 Å². The number of carbonyl (C=O) groups excluding carboxylic acids is 1. The summed E-state index contributed by atoms with van der Waals surface area (Å²) >= 11 is 0. The van der Waals surface area contributed by atoms with Crippen LogP contribution in [0.2, 0.25) is 0 Å². The first-order chi connectivity index (χ1) is 8.29. The molecular formula is C15H21NO. The van der Waals surface area contributed by atoms with Crippen molar-refractivity contribution < 1.29 is 4.79 Å². The number of hydrogen-bond acceptors (Lipinski definition) is 2. The topological polar surface area (TPSA) is 29.1 Å². The van der Waals surface area contributed by atoms with Crippen LogP contribution >= 0.6 is 0 Å². The Kier molecular flexibility index (Phi) is 4.32. The van der Waals surface area contributed by atoms with E-state index in [2.05, 4.69) is 24.4 Å². The van der Waals surface area contributed by atoms with E-state index in [9.17, 15) is 4.79 Å². The molecule has 2 rings (SSSR count). The van der Waals surface area contributed by atoms with Crippen LogP contribution in [0, 0.1) is 5.92 Å². The third kappa shape index (κ3) is 3.40. The second kappa shape index (κ2) is 5.97. The molecule has 92 valence electrons. The first kappa shape index (κ1) is 12.3. The van der Waals surface area contributed by atoms with Gasteiger partial charge in [-0.1, -0.05) is 37.6 Å². The quantitative estimate of drug-likeness (QED) is 0.789. The highest BCUT2D eigenvalue weighted by Crippen LogP contribution is 2.16. The molecule has 1 aromatic carbocycles. The van der Waals surface area contributed by atoms with Gasteiger partial charge in [0.25, 0.3) is 0 Å². The van der Waals surface area contributed by atoms with Crippen LogP contribution in [0.15, 0.2) is 24.3 Å². The molecule has 0 bridgehead atoms. The van der Waals surface area contributed by atoms with Crippen molar-refractivity contribution in [1.29, 1.82) is 0 Å². The van der Waals surface area contributed by atoms with Crippen LogP contribution < -0.4 is 5.32 Å². The molecule has 17 heavy (non-hydrogen) atoms. The van der Waals surface area contributed by atoms with Gasteiger partial charge in [-0.3, -0.25) is 4.79 Å². The standard InChI is InChI=1S/C15H21NO/c1-2-3-12-4-6-14(7-5-12)15(17)10-13-8-9-16-11-13/h4-7,13,16H,2-3,8-11H2,1H3. The lowest BCUT2D eigenvalue weighted by atomic mass is 9.96. The lowest BCUT2D eigenvalue weighted by molar-refractivity contribution is 0.0964. The summed E-state index contributed by atoms with van der Waals surface area (Å²) in [5.41, 5.74) is 2.20. The van der Waals surface area contributed by atoms with Crippen molar-refractivity contribution in [3.8, 4) is 0 Å². The number of benzene rings is 1. The molecule has 2 heteroatoms. The second-order valence-electron chi connectivity index (χ2n) is 4.93. The summed E-state index contributed by atoms with van der Waals surface area (Å²) in [4.78, 5) is 12.0. The second-order valence-corrected chi connectivity index (χ2v) is 4.93. The Bertz CT molecular complexity index is 363. The van der Waals surface area contributed by atoms with Gasteiger partial charge in [0.1, 0.15) is 0 Å². The summed E-state index contributed by atoms with van der Waals surface area (Å²) in [5.74, 6) is 0.833. The zero-order valence-electron chi connectivity index (χ0n) is 10.5. The largest absolute Gasteiger partial charge is 0.316 e. The number of rotatable bonds is 5. The highest BCUT2D eigenvalue weighted by molar-refractivity contribution is 5.96. The van der Waals surface area contributed by atoms with Gasteiger partial charge < -0.3 is 5.32 Å². The van der Waals surface area contributed by atoms with E-state index < -0.39 is 0 Å². The molecule has 0 radical (unpaired) electrons. The number of Topliss-reactive ketones (excluding diaryl/α,β-unsaturated/α-hetero) is 1. The fourth-order valence-corrected chi connectivity index (χ4v) is 2.41. The zero-order chi connectivity index (χ0) is 12.1. The van der Waals surface area contributed by atoms with Crippen molar-refractivity contribution in [3.05, 3.63) is 35.4 Å². The van der Waals surface area contributed by atoms with Gasteiger partial charge in [0.15, 0.2) is 5.78 Å². The molecule has 0 spiro atoms. The molecule has 1 aromatic rings. The van der Waals surface area contributed by atoms with Crippen LogP contribution in [0.1, 0.15) is 42.1 Å². The van der Waals surface area contributed by atoms with Crippen LogP contribution in [0.3, 0.4) is 0 Å². The summed E-state index contributed by atoms with van der Waals surface area (Å²) in [7, 11) is 0. The van der Waals surface area contributed by atoms with Crippen molar-refractivity contribution in [2.75, 3.05) is 13.1 Å². The molecule has 1 atom stereocenters. The average molecular weight is 231 g/mol. The molecule has 1 aliphatic heterocycles. The van der Waals surface area contributed by atoms with E-state index in [4.69, 9.17) is 0 Å². The van der Waals surface area contributed by atoms with Gasteiger partial charge in [-0.05, 0) is 37.4 Å². The predicted molar refractivity (Wildman–Crippen MR) is 70.4 cm³/mol. The summed E-state index contributed by atoms with van der Waals surface area (Å²) in [6.45, 7) is 4.24. The van der Waals surface area contributed by atoms with E-state index in [0.29, 0.717) is 18.1 Å². The lowest BCUT2D eigenvalue weighted by Gasteiger charge is -2.07. The van der Waals surface area contributed by atoms with E-state index in [1.807, 2.05) is 12.1 Å². The summed E-state index contributed by atoms with van der Waals surface area (Å²) in [6.07, 6.45) is 4.09. The fourth-order valence-electron chi connectivity index (χ4n) is 2.41. The monoisotopic (exact) mass is 231 g/mol. The highest BCUT2D eigenvalue weighted by Gasteiger charge is 2.18. The smallest absolute Gasteiger partial charge is 0.163 e. The molecule has 1 aliphatic rings. The minimum atomic E-state index is 0.293. The summed E-state index contributed by atoms with van der Waals surface area (Å²) < 4.78 is 0. The van der Waals surface area contributed by atoms with Gasteiger partial charge in [0, 0.05) is 12.0 Å². The van der Waals surface area contributed by atoms with Crippen molar-refractivity contribution in [3.63, 3.8) is 0 Å². The normalized spacial score (nSPS) is 19.5. The molecule has 1 fully saturated rings. The Labute approximate surface area is 103 Å². The maximum absolute atomic E-state index is 12.0. The number of nitrogens with one attached hydrogen (secondary N) is 1. The Morgan fingerprint density at radius 3 is 2.71 bits per heavy atom. The molecule has 1 heterocycles. The molecule has 1 N–H and O–H groups in total. The Morgan fingerprint density at radius 1 is 1.35 bits per heavy atom. The molecule has 0 aliphatic carbocycles. The van der Waals surface area contributed by atoms with Crippen molar-refractivity contribution >= 4 is 5.78 Å². The molecule has 0 amide bonds. The number of hydrogen-bond donors (Lipinski definition) is 1. The van der Waals surface area contributed by atoms with Crippen molar-refractivity contribution in [2.24, 2.45) is 5.92 Å². The van der Waals surface area contributed by atoms with Gasteiger partial charge in [-0.25, -0.2) is 0 Å². The third-order valence-corrected chi connectivity index (χ3v) is 3.45. The van der Waals surface area contributed by atoms with E-state index in [1.165, 1.54) is 5.56 Å². The first-order valence-corrected chi connectivity index (χ1v) is 6.62. The van der Waals surface area contributed by atoms with Crippen LogP contribution in [0.4, 0.5) is 0 Å². The Morgan fingerprint density at radius 2 is 2.12 bits per heavy atom. The van der Waals surface area contributed by atoms with Gasteiger partial charge in [0.2, 0.25) is 0 Å². The Balaban J connectivity index is 1.93. The van der Waals surface area contributed by atoms with Crippen LogP contribution in [-0.2, 0) is 6.42 Å². The minimum Gasteiger partial charge on any atom is -0.316 e. The molecule has 1 unspecified atom stereocenters. The van der Waals surface area contributed by atoms with Crippen molar-refractivity contribution in [2.45, 2.75) is 32.6 Å². The number of ketones is 1. The van der Waals surface area contributed by atoms with Gasteiger partial charge in [-0.2, -0.15) is 0 Å². The SMILES string of the molecule is CCCc1ccc(C(=O)CC2CCNC2)cc1. The summed E-state index contributed by atoms with van der Waals surface area (Å²) in [6, 6.07) is 8.14. The van der Waals surface area contributed by atoms with E-state index >= 15 is 0 Å². The maximum Gasteiger partial charge on any atom is 0.163 e. The predicted octanol–water partition coefficient (Wildman–Crippen LogP) is 2.82. The molecule has 1 saturated heterocycles. The van der Waals surface area contributed by atoms with E-state index in [0.717, 1.165) is 37.9 Å². The fraction of sp³-hybridized carbons (Fsp3) is 0.533. The highest BCUT2D eigenvalue weighted by atomic mass is 16.1. The van der Waals surface area contributed by atoms with E-state index in [-0.39, 0.29) is 0 Å². The molecule has 2 nitrogen and oxygen atoms in total. The zero-order valence-corrected chi connectivity index (χ0v) is 10.5. The lowest BCUT2D eigenvalue weighted by Crippen LogP contribution is -2.12. The minimum absolute atomic E-state index is 0.293. The molecular weight excluding hydrogens is 210 g/mol. The van der Waals surface area contributed by atoms with Crippen LogP contribution in [0.25, 0.3) is 0 Å². The van der Waals surface area contributed by atoms with Gasteiger partial charge >= 0.3 is 0 Å². The number of carbonyl (C=O) groups is 1. The number of aryl methyl sites for hydroxylation is 1. The third-order valence-electron chi connectivity index (χ3n) is 3.45. The average Bonchev–Trinajstić information content (AvgIpc) is 2.83.